The molecule has 0 spiro atoms. The molecule has 10 heteroatoms. The summed E-state index contributed by atoms with van der Waals surface area (Å²) in [4.78, 5) is 0. The topological polar surface area (TPSA) is 27.7 Å². The average molecular weight is 456 g/mol. The van der Waals surface area contributed by atoms with E-state index in [-0.39, 0.29) is 27.8 Å². The molecule has 1 aromatic carbocycles. The van der Waals surface area contributed by atoms with E-state index in [0.29, 0.717) is 37.4 Å². The first-order chi connectivity index (χ1) is 12.2. The van der Waals surface area contributed by atoms with Crippen molar-refractivity contribution in [1.82, 2.24) is 0 Å². The van der Waals surface area contributed by atoms with Crippen molar-refractivity contribution in [2.45, 2.75) is 25.4 Å². The molecule has 0 aliphatic carbocycles. The van der Waals surface area contributed by atoms with Gasteiger partial charge in [0.25, 0.3) is 0 Å². The number of hydrogen-bond acceptors (Lipinski definition) is 3. The van der Waals surface area contributed by atoms with Gasteiger partial charge in [0.2, 0.25) is 0 Å². The fraction of sp³-hybridized carbons (Fsp3) is 0.500. The van der Waals surface area contributed by atoms with Crippen molar-refractivity contribution in [3.8, 4) is 11.5 Å². The zero-order valence-electron chi connectivity index (χ0n) is 13.6. The van der Waals surface area contributed by atoms with Crippen LogP contribution < -0.4 is 9.47 Å². The maximum Gasteiger partial charge on any atom is 0.411 e. The molecule has 1 rings (SSSR count). The molecule has 0 heterocycles. The second-order valence-corrected chi connectivity index (χ2v) is 6.92. The van der Waals surface area contributed by atoms with Gasteiger partial charge in [0.15, 0.2) is 5.75 Å². The molecule has 3 nitrogen and oxygen atoms in total. The van der Waals surface area contributed by atoms with Gasteiger partial charge in [-0.2, -0.15) is 13.2 Å². The van der Waals surface area contributed by atoms with Gasteiger partial charge in [-0.15, -0.1) is 0 Å². The fourth-order valence-electron chi connectivity index (χ4n) is 1.80. The lowest BCUT2D eigenvalue weighted by molar-refractivity contribution is -0.174. The third-order valence-corrected chi connectivity index (χ3v) is 3.77. The van der Waals surface area contributed by atoms with Crippen molar-refractivity contribution in [2.75, 3.05) is 26.4 Å². The van der Waals surface area contributed by atoms with Gasteiger partial charge in [-0.05, 0) is 25.3 Å². The van der Waals surface area contributed by atoms with Crippen LogP contribution in [0.4, 0.5) is 13.2 Å². The Morgan fingerprint density at radius 3 is 2.15 bits per heavy atom. The van der Waals surface area contributed by atoms with E-state index >= 15 is 0 Å². The van der Waals surface area contributed by atoms with E-state index in [1.165, 1.54) is 6.08 Å². The predicted molar refractivity (Wildman–Crippen MR) is 98.0 cm³/mol. The summed E-state index contributed by atoms with van der Waals surface area (Å²) in [7, 11) is 0. The molecule has 0 fully saturated rings. The third kappa shape index (κ3) is 10.6. The van der Waals surface area contributed by atoms with Crippen LogP contribution in [-0.4, -0.2) is 32.6 Å². The molecule has 0 N–H and O–H groups in total. The molecular formula is C16H17Cl4F3O3. The molecule has 0 unspecified atom stereocenters. The van der Waals surface area contributed by atoms with Gasteiger partial charge in [0.05, 0.1) is 16.7 Å². The summed E-state index contributed by atoms with van der Waals surface area (Å²) in [5.41, 5.74) is 0. The Labute approximate surface area is 169 Å². The summed E-state index contributed by atoms with van der Waals surface area (Å²) in [5, 5.41) is 0.559. The van der Waals surface area contributed by atoms with Crippen molar-refractivity contribution >= 4 is 46.4 Å². The molecule has 148 valence electrons. The lowest BCUT2D eigenvalue weighted by Gasteiger charge is -2.12. The highest BCUT2D eigenvalue weighted by Gasteiger charge is 2.27. The van der Waals surface area contributed by atoms with Gasteiger partial charge in [0.1, 0.15) is 23.5 Å². The summed E-state index contributed by atoms with van der Waals surface area (Å²) in [6, 6.07) is 3.09. The summed E-state index contributed by atoms with van der Waals surface area (Å²) in [6.45, 7) is -0.695. The minimum atomic E-state index is -4.29. The Hall–Kier alpha value is -0.530. The molecule has 0 aromatic heterocycles. The van der Waals surface area contributed by atoms with Crippen molar-refractivity contribution in [1.29, 1.82) is 0 Å². The molecule has 0 atom stereocenters. The van der Waals surface area contributed by atoms with Gasteiger partial charge in [-0.3, -0.25) is 0 Å². The van der Waals surface area contributed by atoms with Crippen LogP contribution in [-0.2, 0) is 4.74 Å². The molecule has 0 aliphatic heterocycles. The van der Waals surface area contributed by atoms with Crippen molar-refractivity contribution in [3.63, 3.8) is 0 Å². The van der Waals surface area contributed by atoms with E-state index in [4.69, 9.17) is 55.9 Å². The Morgan fingerprint density at radius 2 is 1.58 bits per heavy atom. The van der Waals surface area contributed by atoms with Crippen molar-refractivity contribution < 1.29 is 27.4 Å². The first-order valence-corrected chi connectivity index (χ1v) is 9.10. The highest BCUT2D eigenvalue weighted by atomic mass is 35.5. The highest BCUT2D eigenvalue weighted by Crippen LogP contribution is 2.37. The van der Waals surface area contributed by atoms with E-state index in [9.17, 15) is 13.2 Å². The van der Waals surface area contributed by atoms with Crippen LogP contribution in [0.25, 0.3) is 0 Å². The van der Waals surface area contributed by atoms with Crippen LogP contribution in [0.5, 0.6) is 11.5 Å². The Morgan fingerprint density at radius 1 is 0.962 bits per heavy atom. The summed E-state index contributed by atoms with van der Waals surface area (Å²) in [6.07, 6.45) is -1.05. The molecule has 1 aromatic rings. The van der Waals surface area contributed by atoms with Gasteiger partial charge >= 0.3 is 6.18 Å². The van der Waals surface area contributed by atoms with Gasteiger partial charge in [-0.1, -0.05) is 46.4 Å². The standard InChI is InChI=1S/C16H17Cl4F3O3/c17-12-8-11(25-7-4-14(19)20)9-13(18)15(12)26-6-3-1-2-5-24-10-16(21,22)23/h4,8-9H,1-3,5-7,10H2. The third-order valence-electron chi connectivity index (χ3n) is 2.90. The fourth-order valence-corrected chi connectivity index (χ4v) is 2.51. The molecule has 0 radical (unpaired) electrons. The molecule has 26 heavy (non-hydrogen) atoms. The number of benzene rings is 1. The summed E-state index contributed by atoms with van der Waals surface area (Å²) >= 11 is 23.2. The van der Waals surface area contributed by atoms with Crippen molar-refractivity contribution in [3.05, 3.63) is 32.7 Å². The van der Waals surface area contributed by atoms with Crippen molar-refractivity contribution in [2.24, 2.45) is 0 Å². The normalized spacial score (nSPS) is 11.3. The minimum absolute atomic E-state index is 0.0494. The Balaban J connectivity index is 2.31. The SMILES string of the molecule is FC(F)(F)COCCCCCOc1c(Cl)cc(OCC=C(Cl)Cl)cc1Cl. The maximum absolute atomic E-state index is 11.9. The Kier molecular flexibility index (Phi) is 10.9. The van der Waals surface area contributed by atoms with Gasteiger partial charge in [-0.25, -0.2) is 0 Å². The molecule has 0 amide bonds. The quantitative estimate of drug-likeness (QED) is 0.342. The lowest BCUT2D eigenvalue weighted by Crippen LogP contribution is -2.17. The van der Waals surface area contributed by atoms with Crippen LogP contribution in [0, 0.1) is 0 Å². The molecule has 0 bridgehead atoms. The Bertz CT molecular complexity index is 568. The smallest absolute Gasteiger partial charge is 0.411 e. The highest BCUT2D eigenvalue weighted by molar-refractivity contribution is 6.55. The molecule has 0 saturated carbocycles. The molecule has 0 aliphatic rings. The summed E-state index contributed by atoms with van der Waals surface area (Å²) < 4.78 is 51.2. The first kappa shape index (κ1) is 23.5. The van der Waals surface area contributed by atoms with E-state index in [1.807, 2.05) is 0 Å². The average Bonchev–Trinajstić information content (AvgIpc) is 2.50. The second kappa shape index (κ2) is 12.0. The summed E-state index contributed by atoms with van der Waals surface area (Å²) in [5.74, 6) is 0.750. The molecule has 0 saturated heterocycles. The lowest BCUT2D eigenvalue weighted by atomic mass is 10.2. The number of alkyl halides is 3. The van der Waals surface area contributed by atoms with E-state index in [1.54, 1.807) is 12.1 Å². The van der Waals surface area contributed by atoms with Crippen LogP contribution in [0.2, 0.25) is 10.0 Å². The molecular weight excluding hydrogens is 439 g/mol. The van der Waals surface area contributed by atoms with E-state index in [2.05, 4.69) is 4.74 Å². The van der Waals surface area contributed by atoms with Crippen LogP contribution in [0.1, 0.15) is 19.3 Å². The number of unbranched alkanes of at least 4 members (excludes halogenated alkanes) is 2. The zero-order valence-corrected chi connectivity index (χ0v) is 16.6. The number of hydrogen-bond donors (Lipinski definition) is 0. The van der Waals surface area contributed by atoms with Crippen LogP contribution in [0.3, 0.4) is 0 Å². The van der Waals surface area contributed by atoms with Gasteiger partial charge < -0.3 is 14.2 Å². The second-order valence-electron chi connectivity index (χ2n) is 5.10. The number of ether oxygens (including phenoxy) is 3. The van der Waals surface area contributed by atoms with Gasteiger partial charge in [0, 0.05) is 18.7 Å². The van der Waals surface area contributed by atoms with Crippen LogP contribution in [0.15, 0.2) is 22.7 Å². The van der Waals surface area contributed by atoms with E-state index in [0.717, 1.165) is 0 Å². The minimum Gasteiger partial charge on any atom is -0.490 e. The first-order valence-electron chi connectivity index (χ1n) is 7.59. The monoisotopic (exact) mass is 454 g/mol. The largest absolute Gasteiger partial charge is 0.490 e. The number of rotatable bonds is 11. The van der Waals surface area contributed by atoms with Crippen LogP contribution >= 0.6 is 46.4 Å². The number of halogens is 7. The predicted octanol–water partition coefficient (Wildman–Crippen LogP) is 6.82. The maximum atomic E-state index is 11.9. The van der Waals surface area contributed by atoms with E-state index < -0.39 is 12.8 Å². The zero-order chi connectivity index (χ0) is 19.6.